The third-order valence-electron chi connectivity index (χ3n) is 2.20. The largest absolute Gasteiger partial charge is 0.475 e. The number of hydrogen-bond acceptors (Lipinski definition) is 2. The minimum Gasteiger partial charge on any atom is -0.475 e. The molecule has 3 heteroatoms. The molecule has 86 valence electrons. The molecule has 0 radical (unpaired) electrons. The lowest BCUT2D eigenvalue weighted by atomic mass is 10.1. The van der Waals surface area contributed by atoms with E-state index in [1.165, 1.54) is 25.7 Å². The lowest BCUT2D eigenvalue weighted by Crippen LogP contribution is -2.08. The Kier molecular flexibility index (Phi) is 8.73. The van der Waals surface area contributed by atoms with Crippen molar-refractivity contribution in [2.45, 2.75) is 51.9 Å². The molecule has 1 N–H and O–H groups in total. The van der Waals surface area contributed by atoms with Crippen LogP contribution in [-0.4, -0.2) is 16.9 Å². The van der Waals surface area contributed by atoms with Gasteiger partial charge in [0.1, 0.15) is 0 Å². The summed E-state index contributed by atoms with van der Waals surface area (Å²) in [7, 11) is 0. The van der Waals surface area contributed by atoms with E-state index in [1.54, 1.807) is 6.08 Å². The summed E-state index contributed by atoms with van der Waals surface area (Å²) in [5.41, 5.74) is 0. The third kappa shape index (κ3) is 9.19. The highest BCUT2D eigenvalue weighted by atomic mass is 16.4. The molecule has 0 atom stereocenters. The van der Waals surface area contributed by atoms with Gasteiger partial charge in [-0.05, 0) is 18.9 Å². The van der Waals surface area contributed by atoms with E-state index in [4.69, 9.17) is 5.11 Å². The number of aliphatic carboxylic acids is 1. The van der Waals surface area contributed by atoms with Gasteiger partial charge in [0.05, 0.1) is 0 Å². The monoisotopic (exact) mass is 212 g/mol. The lowest BCUT2D eigenvalue weighted by molar-refractivity contribution is -0.146. The molecule has 0 aliphatic heterocycles. The topological polar surface area (TPSA) is 54.4 Å². The normalized spacial score (nSPS) is 10.7. The summed E-state index contributed by atoms with van der Waals surface area (Å²) in [5, 5.41) is 8.28. The maximum absolute atomic E-state index is 10.6. The van der Waals surface area contributed by atoms with Crippen LogP contribution in [0.15, 0.2) is 12.2 Å². The highest BCUT2D eigenvalue weighted by Gasteiger charge is 2.04. The average molecular weight is 212 g/mol. The van der Waals surface area contributed by atoms with E-state index in [9.17, 15) is 9.59 Å². The van der Waals surface area contributed by atoms with Crippen molar-refractivity contribution in [3.8, 4) is 0 Å². The Bertz CT molecular complexity index is 219. The number of rotatable bonds is 9. The zero-order valence-electron chi connectivity index (χ0n) is 9.37. The molecule has 0 rings (SSSR count). The van der Waals surface area contributed by atoms with Gasteiger partial charge in [-0.2, -0.15) is 0 Å². The van der Waals surface area contributed by atoms with Gasteiger partial charge in [-0.1, -0.05) is 45.1 Å². The van der Waals surface area contributed by atoms with Crippen molar-refractivity contribution in [2.75, 3.05) is 0 Å². The first kappa shape index (κ1) is 13.9. The Hall–Kier alpha value is -1.12. The number of allylic oxidation sites excluding steroid dienone is 1. The Morgan fingerprint density at radius 2 is 1.67 bits per heavy atom. The van der Waals surface area contributed by atoms with Crippen LogP contribution in [0.2, 0.25) is 0 Å². The van der Waals surface area contributed by atoms with Crippen LogP contribution >= 0.6 is 0 Å². The standard InChI is InChI=1S/C12H20O3/c1-2-3-4-5-6-7-8-9-10-11(13)12(14)15/h9-10H,2-8H2,1H3,(H,14,15). The molecule has 0 fully saturated rings. The number of carboxylic acids is 1. The molecule has 0 aromatic heterocycles. The zero-order chi connectivity index (χ0) is 11.5. The van der Waals surface area contributed by atoms with E-state index < -0.39 is 11.8 Å². The predicted octanol–water partition coefficient (Wildman–Crippen LogP) is 2.95. The maximum atomic E-state index is 10.6. The van der Waals surface area contributed by atoms with Gasteiger partial charge in [0, 0.05) is 0 Å². The van der Waals surface area contributed by atoms with Crippen molar-refractivity contribution in [1.29, 1.82) is 0 Å². The van der Waals surface area contributed by atoms with Gasteiger partial charge < -0.3 is 5.11 Å². The molecule has 0 bridgehead atoms. The Morgan fingerprint density at radius 3 is 2.27 bits per heavy atom. The van der Waals surface area contributed by atoms with Gasteiger partial charge >= 0.3 is 5.97 Å². The second-order valence-electron chi connectivity index (χ2n) is 3.63. The summed E-state index contributed by atoms with van der Waals surface area (Å²) in [6.45, 7) is 2.18. The van der Waals surface area contributed by atoms with Gasteiger partial charge in [0.25, 0.3) is 5.78 Å². The highest BCUT2D eigenvalue weighted by molar-refractivity contribution is 6.37. The van der Waals surface area contributed by atoms with Crippen LogP contribution in [0.5, 0.6) is 0 Å². The van der Waals surface area contributed by atoms with Gasteiger partial charge in [-0.3, -0.25) is 4.79 Å². The molecule has 3 nitrogen and oxygen atoms in total. The van der Waals surface area contributed by atoms with Crippen molar-refractivity contribution in [3.63, 3.8) is 0 Å². The van der Waals surface area contributed by atoms with Gasteiger partial charge in [-0.15, -0.1) is 0 Å². The molecule has 0 aromatic carbocycles. The minimum atomic E-state index is -1.38. The van der Waals surface area contributed by atoms with E-state index in [-0.39, 0.29) is 0 Å². The van der Waals surface area contributed by atoms with Crippen LogP contribution in [-0.2, 0) is 9.59 Å². The number of ketones is 1. The van der Waals surface area contributed by atoms with Crippen LogP contribution in [0.1, 0.15) is 51.9 Å². The molecular weight excluding hydrogens is 192 g/mol. The smallest absolute Gasteiger partial charge is 0.376 e. The molecule has 0 amide bonds. The molecule has 0 heterocycles. The van der Waals surface area contributed by atoms with Crippen molar-refractivity contribution in [2.24, 2.45) is 0 Å². The van der Waals surface area contributed by atoms with E-state index in [1.807, 2.05) is 0 Å². The molecule has 0 aromatic rings. The molecule has 0 saturated heterocycles. The van der Waals surface area contributed by atoms with E-state index in [2.05, 4.69) is 6.92 Å². The van der Waals surface area contributed by atoms with E-state index in [0.717, 1.165) is 25.3 Å². The summed E-state index contributed by atoms with van der Waals surface area (Å²) in [6, 6.07) is 0. The molecule has 0 saturated carbocycles. The number of carbonyl (C=O) groups is 2. The first-order chi connectivity index (χ1) is 7.18. The Balaban J connectivity index is 3.31. The molecule has 0 unspecified atom stereocenters. The minimum absolute atomic E-state index is 0.797. The fourth-order valence-electron chi connectivity index (χ4n) is 1.30. The van der Waals surface area contributed by atoms with Crippen molar-refractivity contribution >= 4 is 11.8 Å². The molecule has 15 heavy (non-hydrogen) atoms. The maximum Gasteiger partial charge on any atom is 0.376 e. The first-order valence-corrected chi connectivity index (χ1v) is 5.62. The first-order valence-electron chi connectivity index (χ1n) is 5.62. The highest BCUT2D eigenvalue weighted by Crippen LogP contribution is 2.06. The van der Waals surface area contributed by atoms with Crippen LogP contribution in [0.3, 0.4) is 0 Å². The Labute approximate surface area is 91.2 Å². The van der Waals surface area contributed by atoms with Crippen molar-refractivity contribution in [3.05, 3.63) is 12.2 Å². The van der Waals surface area contributed by atoms with Gasteiger partial charge in [0.15, 0.2) is 0 Å². The van der Waals surface area contributed by atoms with Crippen molar-refractivity contribution in [1.82, 2.24) is 0 Å². The summed E-state index contributed by atoms with van der Waals surface area (Å²) < 4.78 is 0. The van der Waals surface area contributed by atoms with Crippen LogP contribution in [0, 0.1) is 0 Å². The predicted molar refractivity (Wildman–Crippen MR) is 59.8 cm³/mol. The van der Waals surface area contributed by atoms with Gasteiger partial charge in [0.2, 0.25) is 0 Å². The summed E-state index contributed by atoms with van der Waals surface area (Å²) in [5.74, 6) is -2.21. The van der Waals surface area contributed by atoms with Crippen LogP contribution in [0.25, 0.3) is 0 Å². The van der Waals surface area contributed by atoms with Crippen LogP contribution < -0.4 is 0 Å². The average Bonchev–Trinajstić information content (AvgIpc) is 2.21. The SMILES string of the molecule is CCCCCCCCC=CC(=O)C(=O)O. The lowest BCUT2D eigenvalue weighted by Gasteiger charge is -1.97. The number of unbranched alkanes of at least 4 members (excludes halogenated alkanes) is 6. The van der Waals surface area contributed by atoms with E-state index >= 15 is 0 Å². The third-order valence-corrected chi connectivity index (χ3v) is 2.20. The second-order valence-corrected chi connectivity index (χ2v) is 3.63. The fourth-order valence-corrected chi connectivity index (χ4v) is 1.30. The number of carbonyl (C=O) groups excluding carboxylic acids is 1. The summed E-state index contributed by atoms with van der Waals surface area (Å²) >= 11 is 0. The molecule has 0 spiro atoms. The fraction of sp³-hybridized carbons (Fsp3) is 0.667. The second kappa shape index (κ2) is 9.44. The quantitative estimate of drug-likeness (QED) is 0.363. The van der Waals surface area contributed by atoms with Crippen molar-refractivity contribution < 1.29 is 14.7 Å². The van der Waals surface area contributed by atoms with E-state index in [0.29, 0.717) is 0 Å². The van der Waals surface area contributed by atoms with Gasteiger partial charge in [-0.25, -0.2) is 4.79 Å². The number of carboxylic acid groups (broad SMARTS) is 1. The molecular formula is C12H20O3. The molecule has 0 aliphatic rings. The summed E-state index contributed by atoms with van der Waals surface area (Å²) in [6.07, 6.45) is 10.8. The summed E-state index contributed by atoms with van der Waals surface area (Å²) in [4.78, 5) is 20.8. The zero-order valence-corrected chi connectivity index (χ0v) is 9.37. The molecule has 0 aliphatic carbocycles. The van der Waals surface area contributed by atoms with Crippen LogP contribution in [0.4, 0.5) is 0 Å². The Morgan fingerprint density at radius 1 is 1.07 bits per heavy atom. The number of hydrogen-bond donors (Lipinski definition) is 1.